The number of hydrogen-bond donors (Lipinski definition) is 0. The molecule has 2 saturated heterocycles. The van der Waals surface area contributed by atoms with Crippen molar-refractivity contribution in [1.29, 1.82) is 5.26 Å². The van der Waals surface area contributed by atoms with Crippen LogP contribution < -0.4 is 15.4 Å². The van der Waals surface area contributed by atoms with Crippen LogP contribution in [0.25, 0.3) is 6.08 Å². The van der Waals surface area contributed by atoms with Gasteiger partial charge in [-0.15, -0.1) is 0 Å². The van der Waals surface area contributed by atoms with Gasteiger partial charge in [-0.2, -0.15) is 5.26 Å². The molecule has 0 atom stereocenters. The Hall–Kier alpha value is -3.16. The monoisotopic (exact) mass is 553 g/mol. The van der Waals surface area contributed by atoms with Gasteiger partial charge in [-0.1, -0.05) is 44.2 Å². The van der Waals surface area contributed by atoms with Crippen LogP contribution in [0.5, 0.6) is 0 Å². The minimum Gasteiger partial charge on any atom is -0.368 e. The number of thiocarbonyl (C=S) groups is 1. The van der Waals surface area contributed by atoms with Crippen molar-refractivity contribution < 1.29 is 9.18 Å². The molecule has 0 N–H and O–H groups in total. The molecule has 2 aliphatic heterocycles. The second kappa shape index (κ2) is 12.1. The van der Waals surface area contributed by atoms with Crippen LogP contribution in [0, 0.1) is 24.1 Å². The Morgan fingerprint density at radius 3 is 2.32 bits per heavy atom. The Morgan fingerprint density at radius 2 is 1.71 bits per heavy atom. The molecule has 1 aromatic heterocycles. The fourth-order valence-electron chi connectivity index (χ4n) is 4.88. The van der Waals surface area contributed by atoms with E-state index in [4.69, 9.17) is 12.2 Å². The summed E-state index contributed by atoms with van der Waals surface area (Å²) in [4.78, 5) is 33.2. The zero-order chi connectivity index (χ0) is 27.4. The van der Waals surface area contributed by atoms with Gasteiger partial charge in [0.1, 0.15) is 27.6 Å². The fraction of sp³-hybridized carbons (Fsp3) is 0.429. The molecule has 0 aliphatic carbocycles. The first-order valence-electron chi connectivity index (χ1n) is 13.0. The van der Waals surface area contributed by atoms with E-state index in [1.807, 2.05) is 13.0 Å². The highest BCUT2D eigenvalue weighted by molar-refractivity contribution is 8.26. The highest BCUT2D eigenvalue weighted by Gasteiger charge is 2.33. The number of amides is 1. The molecule has 0 spiro atoms. The normalized spacial score (nSPS) is 17.0. The smallest absolute Gasteiger partial charge is 0.270 e. The maximum absolute atomic E-state index is 13.4. The number of hydrogen-bond acceptors (Lipinski definition) is 7. The number of nitriles is 1. The van der Waals surface area contributed by atoms with Crippen LogP contribution in [0.2, 0.25) is 0 Å². The van der Waals surface area contributed by atoms with Crippen molar-refractivity contribution in [3.63, 3.8) is 0 Å². The zero-order valence-corrected chi connectivity index (χ0v) is 23.6. The van der Waals surface area contributed by atoms with Gasteiger partial charge >= 0.3 is 0 Å². The van der Waals surface area contributed by atoms with E-state index in [9.17, 15) is 19.2 Å². The first-order chi connectivity index (χ1) is 18.3. The maximum Gasteiger partial charge on any atom is 0.270 e. The van der Waals surface area contributed by atoms with Crippen LogP contribution in [-0.2, 0) is 11.3 Å². The molecule has 1 aromatic carbocycles. The van der Waals surface area contributed by atoms with Crippen LogP contribution in [0.4, 0.5) is 15.9 Å². The largest absolute Gasteiger partial charge is 0.368 e. The molecule has 2 aliphatic rings. The minimum atomic E-state index is -0.310. The second-order valence-electron chi connectivity index (χ2n) is 9.44. The van der Waals surface area contributed by atoms with E-state index in [1.165, 1.54) is 23.9 Å². The summed E-state index contributed by atoms with van der Waals surface area (Å²) in [6, 6.07) is 8.56. The molecule has 0 radical (unpaired) electrons. The van der Waals surface area contributed by atoms with Gasteiger partial charge in [-0.3, -0.25) is 19.1 Å². The van der Waals surface area contributed by atoms with E-state index in [2.05, 4.69) is 22.8 Å². The van der Waals surface area contributed by atoms with Gasteiger partial charge in [-0.05, 0) is 55.7 Å². The molecule has 0 unspecified atom stereocenters. The molecule has 1 amide bonds. The number of anilines is 2. The summed E-state index contributed by atoms with van der Waals surface area (Å²) in [7, 11) is 0. The predicted octanol–water partition coefficient (Wildman–Crippen LogP) is 4.91. The Kier molecular flexibility index (Phi) is 8.90. The summed E-state index contributed by atoms with van der Waals surface area (Å²) in [5, 5.41) is 9.86. The van der Waals surface area contributed by atoms with Crippen LogP contribution in [0.3, 0.4) is 0 Å². The number of carbonyl (C=O) groups excluding carboxylic acids is 1. The third-order valence-electron chi connectivity index (χ3n) is 6.95. The predicted molar refractivity (Wildman–Crippen MR) is 156 cm³/mol. The minimum absolute atomic E-state index is 0.0971. The van der Waals surface area contributed by atoms with Crippen molar-refractivity contribution in [2.45, 2.75) is 46.6 Å². The number of thioether (sulfide) groups is 1. The number of unbranched alkanes of at least 4 members (excludes halogenated alkanes) is 1. The van der Waals surface area contributed by atoms with E-state index in [-0.39, 0.29) is 22.8 Å². The standard InChI is InChI=1S/C28H32FN5O2S2/c1-4-6-12-34-27(36)24(38-28(34)37)17-22-19(3)23(18-30)26(35)33(11-5-2)25(22)32-15-13-31(14-16-32)21-9-7-20(29)8-10-21/h7-10,17H,4-6,11-16H2,1-3H3. The van der Waals surface area contributed by atoms with Gasteiger partial charge in [0, 0.05) is 50.5 Å². The van der Waals surface area contributed by atoms with E-state index in [0.717, 1.165) is 30.8 Å². The summed E-state index contributed by atoms with van der Waals surface area (Å²) >= 11 is 6.77. The van der Waals surface area contributed by atoms with Crippen molar-refractivity contribution >= 4 is 51.8 Å². The SMILES string of the molecule is CCCCN1C(=O)C(=Cc2c(C)c(C#N)c(=O)n(CCC)c2N2CCN(c3ccc(F)cc3)CC2)SC1=S. The van der Waals surface area contributed by atoms with Gasteiger partial charge < -0.3 is 9.80 Å². The van der Waals surface area contributed by atoms with E-state index in [1.54, 1.807) is 28.5 Å². The number of halogens is 1. The number of rotatable bonds is 8. The van der Waals surface area contributed by atoms with Crippen molar-refractivity contribution in [2.75, 3.05) is 42.5 Å². The number of nitrogens with zero attached hydrogens (tertiary/aromatic N) is 5. The van der Waals surface area contributed by atoms with Gasteiger partial charge in [0.25, 0.3) is 11.5 Å². The lowest BCUT2D eigenvalue weighted by Crippen LogP contribution is -2.48. The lowest BCUT2D eigenvalue weighted by atomic mass is 10.0. The van der Waals surface area contributed by atoms with E-state index in [0.29, 0.717) is 59.6 Å². The number of benzene rings is 1. The summed E-state index contributed by atoms with van der Waals surface area (Å²) in [5.74, 6) is 0.325. The molecule has 7 nitrogen and oxygen atoms in total. The maximum atomic E-state index is 13.4. The zero-order valence-electron chi connectivity index (χ0n) is 22.0. The Bertz CT molecular complexity index is 1360. The summed E-state index contributed by atoms with van der Waals surface area (Å²) < 4.78 is 15.6. The first-order valence-corrected chi connectivity index (χ1v) is 14.2. The molecule has 10 heteroatoms. The fourth-order valence-corrected chi connectivity index (χ4v) is 6.17. The van der Waals surface area contributed by atoms with Crippen LogP contribution in [-0.4, -0.2) is 52.4 Å². The van der Waals surface area contributed by atoms with Gasteiger partial charge in [0.2, 0.25) is 0 Å². The third kappa shape index (κ3) is 5.49. The number of carbonyl (C=O) groups is 1. The van der Waals surface area contributed by atoms with Gasteiger partial charge in [-0.25, -0.2) is 4.39 Å². The molecular weight excluding hydrogens is 521 g/mol. The summed E-state index contributed by atoms with van der Waals surface area (Å²) in [5.41, 5.74) is 2.01. The highest BCUT2D eigenvalue weighted by Crippen LogP contribution is 2.36. The molecule has 3 heterocycles. The number of piperazine rings is 1. The molecule has 200 valence electrons. The molecule has 0 saturated carbocycles. The average Bonchev–Trinajstić information content (AvgIpc) is 3.18. The third-order valence-corrected chi connectivity index (χ3v) is 8.33. The van der Waals surface area contributed by atoms with Gasteiger partial charge in [0.05, 0.1) is 4.91 Å². The summed E-state index contributed by atoms with van der Waals surface area (Å²) in [6.07, 6.45) is 4.35. The van der Waals surface area contributed by atoms with Crippen LogP contribution in [0.1, 0.15) is 49.8 Å². The molecular formula is C28H32FN5O2S2. The molecule has 4 rings (SSSR count). The highest BCUT2D eigenvalue weighted by atomic mass is 32.2. The lowest BCUT2D eigenvalue weighted by Gasteiger charge is -2.39. The van der Waals surface area contributed by atoms with Crippen molar-refractivity contribution in [2.24, 2.45) is 0 Å². The van der Waals surface area contributed by atoms with Gasteiger partial charge in [0.15, 0.2) is 0 Å². The van der Waals surface area contributed by atoms with Crippen molar-refractivity contribution in [1.82, 2.24) is 9.47 Å². The molecule has 0 bridgehead atoms. The Morgan fingerprint density at radius 1 is 1.05 bits per heavy atom. The first kappa shape index (κ1) is 27.9. The van der Waals surface area contributed by atoms with E-state index >= 15 is 0 Å². The topological polar surface area (TPSA) is 72.6 Å². The van der Waals surface area contributed by atoms with E-state index < -0.39 is 0 Å². The Balaban J connectivity index is 1.76. The quantitative estimate of drug-likeness (QED) is 0.340. The summed E-state index contributed by atoms with van der Waals surface area (Å²) in [6.45, 7) is 9.50. The van der Waals surface area contributed by atoms with Crippen LogP contribution >= 0.6 is 24.0 Å². The number of pyridine rings is 1. The molecule has 2 aromatic rings. The molecule has 2 fully saturated rings. The Labute approximate surface area is 232 Å². The lowest BCUT2D eigenvalue weighted by molar-refractivity contribution is -0.122. The molecule has 38 heavy (non-hydrogen) atoms. The van der Waals surface area contributed by atoms with Crippen molar-refractivity contribution in [3.05, 3.63) is 62.0 Å². The number of aromatic nitrogens is 1. The average molecular weight is 554 g/mol. The second-order valence-corrected chi connectivity index (χ2v) is 11.1. The van der Waals surface area contributed by atoms with Crippen LogP contribution in [0.15, 0.2) is 34.0 Å². The van der Waals surface area contributed by atoms with Crippen molar-refractivity contribution in [3.8, 4) is 6.07 Å².